The van der Waals surface area contributed by atoms with Gasteiger partial charge >= 0.3 is 0 Å². The van der Waals surface area contributed by atoms with Gasteiger partial charge in [0.25, 0.3) is 0 Å². The molecule has 3 aromatic rings. The highest BCUT2D eigenvalue weighted by Crippen LogP contribution is 2.28. The molecule has 0 fully saturated rings. The van der Waals surface area contributed by atoms with Crippen LogP contribution in [0.2, 0.25) is 0 Å². The van der Waals surface area contributed by atoms with Crippen molar-refractivity contribution in [1.29, 1.82) is 0 Å². The maximum absolute atomic E-state index is 11.1. The fraction of sp³-hybridized carbons (Fsp3) is 0.174. The Kier molecular flexibility index (Phi) is 5.37. The van der Waals surface area contributed by atoms with Gasteiger partial charge in [0.05, 0.1) is 12.7 Å². The normalized spacial score (nSPS) is 10.4. The number of rotatable bonds is 6. The number of hydrogen-bond donors (Lipinski definition) is 1. The molecule has 1 N–H and O–H groups in total. The van der Waals surface area contributed by atoms with Crippen LogP contribution in [0.25, 0.3) is 11.1 Å². The minimum Gasteiger partial charge on any atom is -0.496 e. The van der Waals surface area contributed by atoms with E-state index in [2.05, 4.69) is 54.7 Å². The van der Waals surface area contributed by atoms with E-state index in [0.29, 0.717) is 17.9 Å². The van der Waals surface area contributed by atoms with E-state index in [0.717, 1.165) is 17.5 Å². The number of methoxy groups -OCH3 is 1. The Hall–Kier alpha value is -3.07. The molecular formula is C23H23NO2. The number of carbonyl (C=O) groups excluding carboxylic acids is 1. The van der Waals surface area contributed by atoms with Crippen molar-refractivity contribution in [3.8, 4) is 16.9 Å². The number of aldehydes is 1. The summed E-state index contributed by atoms with van der Waals surface area (Å²) in [6.07, 6.45) is 0.823. The van der Waals surface area contributed by atoms with E-state index in [1.165, 1.54) is 22.3 Å². The van der Waals surface area contributed by atoms with Gasteiger partial charge in [-0.2, -0.15) is 0 Å². The molecule has 0 radical (unpaired) electrons. The van der Waals surface area contributed by atoms with E-state index in [1.807, 2.05) is 25.1 Å². The van der Waals surface area contributed by atoms with Gasteiger partial charge in [-0.25, -0.2) is 0 Å². The zero-order chi connectivity index (χ0) is 18.5. The molecule has 0 spiro atoms. The van der Waals surface area contributed by atoms with Crippen LogP contribution in [-0.2, 0) is 6.54 Å². The van der Waals surface area contributed by atoms with E-state index >= 15 is 0 Å². The van der Waals surface area contributed by atoms with Gasteiger partial charge in [0.2, 0.25) is 0 Å². The van der Waals surface area contributed by atoms with Crippen LogP contribution in [-0.4, -0.2) is 13.4 Å². The van der Waals surface area contributed by atoms with Gasteiger partial charge in [-0.1, -0.05) is 48.5 Å². The number of nitrogens with one attached hydrogen (secondary N) is 1. The first-order chi connectivity index (χ1) is 12.6. The number of aryl methyl sites for hydroxylation is 1. The zero-order valence-electron chi connectivity index (χ0n) is 15.4. The Morgan fingerprint density at radius 3 is 2.46 bits per heavy atom. The molecule has 0 unspecified atom stereocenters. The van der Waals surface area contributed by atoms with Crippen molar-refractivity contribution in [3.63, 3.8) is 0 Å². The highest BCUT2D eigenvalue weighted by atomic mass is 16.5. The summed E-state index contributed by atoms with van der Waals surface area (Å²) < 4.78 is 5.31. The predicted octanol–water partition coefficient (Wildman–Crippen LogP) is 5.40. The molecule has 3 heteroatoms. The Morgan fingerprint density at radius 1 is 1.00 bits per heavy atom. The highest BCUT2D eigenvalue weighted by molar-refractivity contribution is 5.82. The van der Waals surface area contributed by atoms with Gasteiger partial charge in [0, 0.05) is 18.3 Å². The van der Waals surface area contributed by atoms with Gasteiger partial charge in [-0.15, -0.1) is 0 Å². The second-order valence-corrected chi connectivity index (χ2v) is 6.34. The van der Waals surface area contributed by atoms with Crippen molar-refractivity contribution < 1.29 is 9.53 Å². The molecule has 0 aromatic heterocycles. The van der Waals surface area contributed by atoms with Crippen molar-refractivity contribution in [2.75, 3.05) is 12.4 Å². The molecule has 0 bridgehead atoms. The zero-order valence-corrected chi connectivity index (χ0v) is 15.4. The second-order valence-electron chi connectivity index (χ2n) is 6.34. The summed E-state index contributed by atoms with van der Waals surface area (Å²) in [6.45, 7) is 4.85. The average Bonchev–Trinajstić information content (AvgIpc) is 2.68. The van der Waals surface area contributed by atoms with Crippen molar-refractivity contribution in [3.05, 3.63) is 82.9 Å². The molecule has 0 heterocycles. The highest BCUT2D eigenvalue weighted by Gasteiger charge is 2.09. The van der Waals surface area contributed by atoms with Crippen molar-refractivity contribution in [2.24, 2.45) is 0 Å². The SMILES string of the molecule is COc1cc(NCc2cccc(-c3ccccc3)c2C)c(C)cc1C=O. The standard InChI is InChI=1S/C23H23NO2/c1-16-12-20(15-25)23(26-3)13-22(16)24-14-19-10-7-11-21(17(19)2)18-8-5-4-6-9-18/h4-13,15,24H,14H2,1-3H3. The lowest BCUT2D eigenvalue weighted by molar-refractivity contribution is 0.112. The van der Waals surface area contributed by atoms with Gasteiger partial charge in [0.15, 0.2) is 6.29 Å². The van der Waals surface area contributed by atoms with Crippen LogP contribution < -0.4 is 10.1 Å². The summed E-state index contributed by atoms with van der Waals surface area (Å²) in [6, 6.07) is 20.5. The summed E-state index contributed by atoms with van der Waals surface area (Å²) in [5.74, 6) is 0.586. The maximum Gasteiger partial charge on any atom is 0.153 e. The van der Waals surface area contributed by atoms with Crippen LogP contribution in [0.15, 0.2) is 60.7 Å². The van der Waals surface area contributed by atoms with Gasteiger partial charge in [-0.3, -0.25) is 4.79 Å². The predicted molar refractivity (Wildman–Crippen MR) is 107 cm³/mol. The first-order valence-corrected chi connectivity index (χ1v) is 8.65. The topological polar surface area (TPSA) is 38.3 Å². The van der Waals surface area contributed by atoms with Gasteiger partial charge in [0.1, 0.15) is 5.75 Å². The molecule has 3 aromatic carbocycles. The van der Waals surface area contributed by atoms with Crippen molar-refractivity contribution in [1.82, 2.24) is 0 Å². The molecule has 26 heavy (non-hydrogen) atoms. The molecule has 0 aliphatic heterocycles. The summed E-state index contributed by atoms with van der Waals surface area (Å²) >= 11 is 0. The van der Waals surface area contributed by atoms with Gasteiger partial charge in [-0.05, 0) is 47.7 Å². The first-order valence-electron chi connectivity index (χ1n) is 8.65. The van der Waals surface area contributed by atoms with Crippen LogP contribution in [0.3, 0.4) is 0 Å². The Morgan fingerprint density at radius 2 is 1.77 bits per heavy atom. The van der Waals surface area contributed by atoms with E-state index in [4.69, 9.17) is 4.74 Å². The average molecular weight is 345 g/mol. The Balaban J connectivity index is 1.86. The lowest BCUT2D eigenvalue weighted by Crippen LogP contribution is -2.05. The molecule has 132 valence electrons. The monoisotopic (exact) mass is 345 g/mol. The third-order valence-corrected chi connectivity index (χ3v) is 4.70. The lowest BCUT2D eigenvalue weighted by atomic mass is 9.96. The van der Waals surface area contributed by atoms with Crippen LogP contribution in [0.4, 0.5) is 5.69 Å². The summed E-state index contributed by atoms with van der Waals surface area (Å²) in [5, 5.41) is 3.48. The van der Waals surface area contributed by atoms with E-state index in [1.54, 1.807) is 7.11 Å². The lowest BCUT2D eigenvalue weighted by Gasteiger charge is -2.16. The molecule has 0 aliphatic rings. The molecule has 0 saturated carbocycles. The second kappa shape index (κ2) is 7.87. The van der Waals surface area contributed by atoms with Crippen LogP contribution in [0, 0.1) is 13.8 Å². The quantitative estimate of drug-likeness (QED) is 0.608. The molecule has 0 amide bonds. The third kappa shape index (κ3) is 3.62. The fourth-order valence-electron chi connectivity index (χ4n) is 3.17. The molecule has 3 rings (SSSR count). The number of ether oxygens (including phenoxy) is 1. The third-order valence-electron chi connectivity index (χ3n) is 4.70. The first kappa shape index (κ1) is 17.7. The summed E-state index contributed by atoms with van der Waals surface area (Å²) in [4.78, 5) is 11.1. The molecule has 3 nitrogen and oxygen atoms in total. The fourth-order valence-corrected chi connectivity index (χ4v) is 3.17. The minimum atomic E-state index is 0.567. The molecule has 0 atom stereocenters. The number of benzene rings is 3. The van der Waals surface area contributed by atoms with Crippen molar-refractivity contribution in [2.45, 2.75) is 20.4 Å². The largest absolute Gasteiger partial charge is 0.496 e. The van der Waals surface area contributed by atoms with E-state index in [9.17, 15) is 4.79 Å². The van der Waals surface area contributed by atoms with E-state index < -0.39 is 0 Å². The molecular weight excluding hydrogens is 322 g/mol. The smallest absolute Gasteiger partial charge is 0.153 e. The van der Waals surface area contributed by atoms with Crippen LogP contribution in [0.5, 0.6) is 5.75 Å². The Bertz CT molecular complexity index is 917. The van der Waals surface area contributed by atoms with E-state index in [-0.39, 0.29) is 0 Å². The molecule has 0 saturated heterocycles. The number of carbonyl (C=O) groups is 1. The Labute approximate surface area is 154 Å². The number of hydrogen-bond acceptors (Lipinski definition) is 3. The molecule has 0 aliphatic carbocycles. The van der Waals surface area contributed by atoms with Crippen LogP contribution >= 0.6 is 0 Å². The minimum absolute atomic E-state index is 0.567. The summed E-state index contributed by atoms with van der Waals surface area (Å²) in [5.41, 5.74) is 7.53. The summed E-state index contributed by atoms with van der Waals surface area (Å²) in [7, 11) is 1.58. The van der Waals surface area contributed by atoms with Crippen LogP contribution in [0.1, 0.15) is 27.0 Å². The van der Waals surface area contributed by atoms with Crippen molar-refractivity contribution >= 4 is 12.0 Å². The van der Waals surface area contributed by atoms with Gasteiger partial charge < -0.3 is 10.1 Å². The number of anilines is 1. The maximum atomic E-state index is 11.1.